The van der Waals surface area contributed by atoms with E-state index >= 15 is 0 Å². The molecule has 0 spiro atoms. The predicted octanol–water partition coefficient (Wildman–Crippen LogP) is 4.68. The predicted molar refractivity (Wildman–Crippen MR) is 89.5 cm³/mol. The third kappa shape index (κ3) is 3.84. The maximum atomic E-state index is 12.2. The van der Waals surface area contributed by atoms with Crippen molar-refractivity contribution in [1.29, 1.82) is 0 Å². The molecule has 21 heavy (non-hydrogen) atoms. The molecule has 0 atom stereocenters. The van der Waals surface area contributed by atoms with E-state index in [1.54, 1.807) is 18.3 Å². The van der Waals surface area contributed by atoms with Gasteiger partial charge in [-0.1, -0.05) is 23.2 Å². The normalized spacial score (nSPS) is 11.1. The summed E-state index contributed by atoms with van der Waals surface area (Å²) < 4.78 is 0. The number of carbonyl (C=O) groups excluding carboxylic acids is 1. The number of aromatic nitrogens is 1. The molecule has 0 unspecified atom stereocenters. The molecule has 0 aliphatic rings. The van der Waals surface area contributed by atoms with Gasteiger partial charge in [0.2, 0.25) is 0 Å². The molecule has 0 bridgehead atoms. The number of nitrogens with zero attached hydrogens (tertiary/aromatic N) is 2. The number of hydrogen-bond acceptors (Lipinski definition) is 4. The largest absolute Gasteiger partial charge is 0.383 e. The van der Waals surface area contributed by atoms with E-state index in [0.29, 0.717) is 20.6 Å². The fraction of sp³-hybridized carbons (Fsp3) is 0.200. The first-order valence-electron chi connectivity index (χ1n) is 6.20. The standard InChI is InChI=1S/C15H14Cl2N2OS/c1-9-14(13(20)6-7-19(2)3)21-15(18-9)11-5-4-10(16)8-12(11)17/h4-8H,1-3H3. The molecule has 0 amide bonds. The molecule has 110 valence electrons. The highest BCUT2D eigenvalue weighted by Gasteiger charge is 2.16. The summed E-state index contributed by atoms with van der Waals surface area (Å²) in [6.45, 7) is 1.82. The SMILES string of the molecule is Cc1nc(-c2ccc(Cl)cc2Cl)sc1C(=O)C=CN(C)C. The van der Waals surface area contributed by atoms with Crippen molar-refractivity contribution in [3.8, 4) is 10.6 Å². The van der Waals surface area contributed by atoms with Gasteiger partial charge in [0.15, 0.2) is 5.78 Å². The van der Waals surface area contributed by atoms with Crippen molar-refractivity contribution in [2.45, 2.75) is 6.92 Å². The molecule has 0 N–H and O–H groups in total. The molecule has 0 fully saturated rings. The third-order valence-electron chi connectivity index (χ3n) is 2.71. The summed E-state index contributed by atoms with van der Waals surface area (Å²) in [5.74, 6) is -0.0602. The van der Waals surface area contributed by atoms with Crippen LogP contribution in [0.25, 0.3) is 10.6 Å². The zero-order valence-corrected chi connectivity index (χ0v) is 14.2. The lowest BCUT2D eigenvalue weighted by Gasteiger charge is -2.02. The summed E-state index contributed by atoms with van der Waals surface area (Å²) in [6.07, 6.45) is 3.25. The van der Waals surface area contributed by atoms with Crippen molar-refractivity contribution < 1.29 is 4.79 Å². The number of thiazole rings is 1. The van der Waals surface area contributed by atoms with E-state index in [0.717, 1.165) is 10.6 Å². The summed E-state index contributed by atoms with van der Waals surface area (Å²) in [7, 11) is 3.73. The fourth-order valence-electron chi connectivity index (χ4n) is 1.70. The monoisotopic (exact) mass is 340 g/mol. The van der Waals surface area contributed by atoms with Gasteiger partial charge in [-0.2, -0.15) is 0 Å². The smallest absolute Gasteiger partial charge is 0.199 e. The summed E-state index contributed by atoms with van der Waals surface area (Å²) >= 11 is 13.4. The molecule has 6 heteroatoms. The van der Waals surface area contributed by atoms with Gasteiger partial charge >= 0.3 is 0 Å². The highest BCUT2D eigenvalue weighted by molar-refractivity contribution is 7.17. The molecule has 0 radical (unpaired) electrons. The van der Waals surface area contributed by atoms with Crippen molar-refractivity contribution in [1.82, 2.24) is 9.88 Å². The zero-order valence-electron chi connectivity index (χ0n) is 11.9. The second-order valence-electron chi connectivity index (χ2n) is 4.70. The van der Waals surface area contributed by atoms with E-state index in [1.165, 1.54) is 17.4 Å². The van der Waals surface area contributed by atoms with Crippen LogP contribution in [-0.4, -0.2) is 29.8 Å². The average molecular weight is 341 g/mol. The number of carbonyl (C=O) groups is 1. The van der Waals surface area contributed by atoms with Crippen molar-refractivity contribution in [2.24, 2.45) is 0 Å². The van der Waals surface area contributed by atoms with E-state index < -0.39 is 0 Å². The second-order valence-corrected chi connectivity index (χ2v) is 6.54. The number of aryl methyl sites for hydroxylation is 1. The van der Waals surface area contributed by atoms with Crippen LogP contribution >= 0.6 is 34.5 Å². The molecule has 2 aromatic rings. The summed E-state index contributed by atoms with van der Waals surface area (Å²) in [5, 5.41) is 1.82. The van der Waals surface area contributed by atoms with Crippen molar-refractivity contribution >= 4 is 40.3 Å². The van der Waals surface area contributed by atoms with E-state index in [2.05, 4.69) is 4.98 Å². The van der Waals surface area contributed by atoms with E-state index in [4.69, 9.17) is 23.2 Å². The van der Waals surface area contributed by atoms with Gasteiger partial charge in [0.1, 0.15) is 5.01 Å². The summed E-state index contributed by atoms with van der Waals surface area (Å²) in [6, 6.07) is 5.24. The summed E-state index contributed by atoms with van der Waals surface area (Å²) in [5.41, 5.74) is 1.49. The van der Waals surface area contributed by atoms with Crippen LogP contribution in [-0.2, 0) is 0 Å². The van der Waals surface area contributed by atoms with Crippen molar-refractivity contribution in [2.75, 3.05) is 14.1 Å². The minimum absolute atomic E-state index is 0.0602. The Bertz CT molecular complexity index is 708. The Kier molecular flexibility index (Phi) is 5.04. The van der Waals surface area contributed by atoms with Crippen LogP contribution in [0.1, 0.15) is 15.4 Å². The maximum absolute atomic E-state index is 12.2. The molecule has 1 heterocycles. The molecule has 0 aliphatic carbocycles. The first-order valence-corrected chi connectivity index (χ1v) is 7.77. The molecular formula is C15H14Cl2N2OS. The quantitative estimate of drug-likeness (QED) is 0.598. The molecule has 0 saturated heterocycles. The van der Waals surface area contributed by atoms with Crippen LogP contribution in [0.5, 0.6) is 0 Å². The minimum Gasteiger partial charge on any atom is -0.383 e. The Morgan fingerprint density at radius 2 is 2.05 bits per heavy atom. The van der Waals surface area contributed by atoms with Crippen molar-refractivity contribution in [3.05, 3.63) is 51.1 Å². The number of halogens is 2. The van der Waals surface area contributed by atoms with E-state index in [1.807, 2.05) is 32.0 Å². The molecule has 1 aromatic carbocycles. The fourth-order valence-corrected chi connectivity index (χ4v) is 3.28. The van der Waals surface area contributed by atoms with Gasteiger partial charge in [-0.05, 0) is 25.1 Å². The molecule has 0 aliphatic heterocycles. The van der Waals surface area contributed by atoms with Crippen LogP contribution in [0.4, 0.5) is 0 Å². The molecular weight excluding hydrogens is 327 g/mol. The number of benzene rings is 1. The van der Waals surface area contributed by atoms with Crippen LogP contribution in [0.2, 0.25) is 10.0 Å². The van der Waals surface area contributed by atoms with Gasteiger partial charge in [0.25, 0.3) is 0 Å². The van der Waals surface area contributed by atoms with Gasteiger partial charge in [-0.3, -0.25) is 4.79 Å². The molecule has 0 saturated carbocycles. The van der Waals surface area contributed by atoms with Crippen molar-refractivity contribution in [3.63, 3.8) is 0 Å². The number of hydrogen-bond donors (Lipinski definition) is 0. The Morgan fingerprint density at radius 1 is 1.33 bits per heavy atom. The van der Waals surface area contributed by atoms with Gasteiger partial charge in [0.05, 0.1) is 15.6 Å². The highest BCUT2D eigenvalue weighted by Crippen LogP contribution is 2.34. The Morgan fingerprint density at radius 3 is 2.67 bits per heavy atom. The Hall–Kier alpha value is -1.36. The number of ketones is 1. The first-order chi connectivity index (χ1) is 9.88. The molecule has 2 rings (SSSR count). The maximum Gasteiger partial charge on any atom is 0.199 e. The average Bonchev–Trinajstić information content (AvgIpc) is 2.77. The molecule has 3 nitrogen and oxygen atoms in total. The Balaban J connectivity index is 2.37. The van der Waals surface area contributed by atoms with E-state index in [-0.39, 0.29) is 5.78 Å². The van der Waals surface area contributed by atoms with Crippen LogP contribution in [0, 0.1) is 6.92 Å². The first kappa shape index (κ1) is 16.0. The minimum atomic E-state index is -0.0602. The third-order valence-corrected chi connectivity index (χ3v) is 4.46. The van der Waals surface area contributed by atoms with Gasteiger partial charge in [-0.15, -0.1) is 11.3 Å². The number of rotatable bonds is 4. The van der Waals surface area contributed by atoms with Crippen LogP contribution in [0.15, 0.2) is 30.5 Å². The lowest BCUT2D eigenvalue weighted by atomic mass is 10.2. The van der Waals surface area contributed by atoms with Gasteiger partial charge < -0.3 is 4.90 Å². The molecule has 1 aromatic heterocycles. The zero-order chi connectivity index (χ0) is 15.6. The lowest BCUT2D eigenvalue weighted by Crippen LogP contribution is -2.02. The Labute approximate surface area is 137 Å². The van der Waals surface area contributed by atoms with Gasteiger partial charge in [0, 0.05) is 37.0 Å². The van der Waals surface area contributed by atoms with E-state index in [9.17, 15) is 4.79 Å². The van der Waals surface area contributed by atoms with Crippen LogP contribution < -0.4 is 0 Å². The second kappa shape index (κ2) is 6.60. The van der Waals surface area contributed by atoms with Gasteiger partial charge in [-0.25, -0.2) is 4.98 Å². The number of allylic oxidation sites excluding steroid dienone is 1. The highest BCUT2D eigenvalue weighted by atomic mass is 35.5. The lowest BCUT2D eigenvalue weighted by molar-refractivity contribution is 0.104. The topological polar surface area (TPSA) is 33.2 Å². The summed E-state index contributed by atoms with van der Waals surface area (Å²) in [4.78, 5) is 19.0. The van der Waals surface area contributed by atoms with Crippen LogP contribution in [0.3, 0.4) is 0 Å².